The fraction of sp³-hybridized carbons (Fsp3) is 0.500. The Kier molecular flexibility index (Phi) is 3.62. The molecule has 0 amide bonds. The van der Waals surface area contributed by atoms with Crippen LogP contribution in [0.3, 0.4) is 0 Å². The van der Waals surface area contributed by atoms with Gasteiger partial charge in [0.05, 0.1) is 0 Å². The minimum Gasteiger partial charge on any atom is -0.314 e. The van der Waals surface area contributed by atoms with E-state index in [1.165, 1.54) is 5.56 Å². The first-order valence-electron chi connectivity index (χ1n) is 5.46. The molecule has 1 heterocycles. The van der Waals surface area contributed by atoms with E-state index in [1.807, 2.05) is 18.2 Å². The molecule has 2 rings (SSSR count). The van der Waals surface area contributed by atoms with E-state index in [0.717, 1.165) is 24.7 Å². The first-order chi connectivity index (χ1) is 7.27. The zero-order valence-electron chi connectivity index (χ0n) is 8.96. The molecule has 3 heteroatoms. The second kappa shape index (κ2) is 4.97. The normalized spacial score (nSPS) is 18.5. The molecule has 1 fully saturated rings. The van der Waals surface area contributed by atoms with Crippen molar-refractivity contribution in [3.63, 3.8) is 0 Å². The van der Waals surface area contributed by atoms with Gasteiger partial charge in [0.2, 0.25) is 0 Å². The van der Waals surface area contributed by atoms with Crippen LogP contribution in [0, 0.1) is 0 Å². The maximum Gasteiger partial charge on any atom is 0.0441 e. The van der Waals surface area contributed by atoms with E-state index in [4.69, 9.17) is 11.6 Å². The van der Waals surface area contributed by atoms with Crippen molar-refractivity contribution in [1.82, 2.24) is 10.6 Å². The van der Waals surface area contributed by atoms with Crippen LogP contribution in [-0.4, -0.2) is 25.7 Å². The summed E-state index contributed by atoms with van der Waals surface area (Å²) in [7, 11) is 0. The largest absolute Gasteiger partial charge is 0.314 e. The van der Waals surface area contributed by atoms with Gasteiger partial charge >= 0.3 is 0 Å². The minimum atomic E-state index is 0.472. The third-order valence-corrected chi connectivity index (χ3v) is 3.27. The van der Waals surface area contributed by atoms with Crippen molar-refractivity contribution >= 4 is 11.6 Å². The van der Waals surface area contributed by atoms with Crippen molar-refractivity contribution in [3.05, 3.63) is 34.9 Å². The van der Waals surface area contributed by atoms with Gasteiger partial charge in [0, 0.05) is 30.7 Å². The highest BCUT2D eigenvalue weighted by Gasteiger charge is 2.17. The van der Waals surface area contributed by atoms with Gasteiger partial charge in [-0.3, -0.25) is 0 Å². The number of nitrogens with one attached hydrogen (secondary N) is 2. The SMILES string of the molecule is CC(CNC1CNC1)c1ccccc1Cl. The lowest BCUT2D eigenvalue weighted by molar-refractivity contribution is 0.360. The van der Waals surface area contributed by atoms with Crippen molar-refractivity contribution in [1.29, 1.82) is 0 Å². The Morgan fingerprint density at radius 1 is 1.47 bits per heavy atom. The number of hydrogen-bond acceptors (Lipinski definition) is 2. The van der Waals surface area contributed by atoms with Crippen molar-refractivity contribution in [2.45, 2.75) is 18.9 Å². The lowest BCUT2D eigenvalue weighted by Crippen LogP contribution is -2.55. The summed E-state index contributed by atoms with van der Waals surface area (Å²) < 4.78 is 0. The van der Waals surface area contributed by atoms with Gasteiger partial charge < -0.3 is 10.6 Å². The van der Waals surface area contributed by atoms with Gasteiger partial charge in [-0.25, -0.2) is 0 Å². The smallest absolute Gasteiger partial charge is 0.0441 e. The van der Waals surface area contributed by atoms with Gasteiger partial charge in [-0.1, -0.05) is 36.7 Å². The van der Waals surface area contributed by atoms with E-state index in [-0.39, 0.29) is 0 Å². The zero-order chi connectivity index (χ0) is 10.7. The minimum absolute atomic E-state index is 0.472. The molecule has 1 saturated heterocycles. The van der Waals surface area contributed by atoms with E-state index < -0.39 is 0 Å². The molecular formula is C12H17ClN2. The second-order valence-corrected chi connectivity index (χ2v) is 4.59. The molecule has 0 aliphatic carbocycles. The van der Waals surface area contributed by atoms with Crippen molar-refractivity contribution in [2.75, 3.05) is 19.6 Å². The Morgan fingerprint density at radius 3 is 2.80 bits per heavy atom. The molecule has 1 aromatic carbocycles. The molecule has 0 saturated carbocycles. The van der Waals surface area contributed by atoms with Crippen LogP contribution in [0.1, 0.15) is 18.4 Å². The van der Waals surface area contributed by atoms with Gasteiger partial charge in [-0.05, 0) is 17.5 Å². The topological polar surface area (TPSA) is 24.1 Å². The molecule has 2 N–H and O–H groups in total. The van der Waals surface area contributed by atoms with Gasteiger partial charge in [0.25, 0.3) is 0 Å². The number of benzene rings is 1. The van der Waals surface area contributed by atoms with Crippen molar-refractivity contribution in [3.8, 4) is 0 Å². The summed E-state index contributed by atoms with van der Waals surface area (Å²) in [4.78, 5) is 0. The Hall–Kier alpha value is -0.570. The Morgan fingerprint density at radius 2 is 2.20 bits per heavy atom. The van der Waals surface area contributed by atoms with Crippen LogP contribution in [-0.2, 0) is 0 Å². The quantitative estimate of drug-likeness (QED) is 0.818. The average molecular weight is 225 g/mol. The molecule has 0 aromatic heterocycles. The highest BCUT2D eigenvalue weighted by atomic mass is 35.5. The summed E-state index contributed by atoms with van der Waals surface area (Å²) in [5.74, 6) is 0.472. The van der Waals surface area contributed by atoms with E-state index in [9.17, 15) is 0 Å². The standard InChI is InChI=1S/C12H17ClN2/c1-9(6-15-10-7-14-8-10)11-4-2-3-5-12(11)13/h2-5,9-10,14-15H,6-8H2,1H3. The lowest BCUT2D eigenvalue weighted by Gasteiger charge is -2.29. The van der Waals surface area contributed by atoms with E-state index in [2.05, 4.69) is 23.6 Å². The predicted octanol–water partition coefficient (Wildman–Crippen LogP) is 2.00. The first-order valence-corrected chi connectivity index (χ1v) is 5.83. The van der Waals surface area contributed by atoms with Gasteiger partial charge in [0.15, 0.2) is 0 Å². The predicted molar refractivity (Wildman–Crippen MR) is 64.5 cm³/mol. The Balaban J connectivity index is 1.89. The summed E-state index contributed by atoms with van der Waals surface area (Å²) >= 11 is 6.14. The summed E-state index contributed by atoms with van der Waals surface area (Å²) in [5.41, 5.74) is 1.24. The van der Waals surface area contributed by atoms with Crippen LogP contribution >= 0.6 is 11.6 Å². The van der Waals surface area contributed by atoms with Crippen LogP contribution < -0.4 is 10.6 Å². The second-order valence-electron chi connectivity index (χ2n) is 4.19. The summed E-state index contributed by atoms with van der Waals surface area (Å²) in [6.07, 6.45) is 0. The van der Waals surface area contributed by atoms with Gasteiger partial charge in [-0.15, -0.1) is 0 Å². The van der Waals surface area contributed by atoms with Gasteiger partial charge in [-0.2, -0.15) is 0 Å². The Bertz CT molecular complexity index is 323. The molecule has 0 bridgehead atoms. The number of halogens is 1. The van der Waals surface area contributed by atoms with E-state index >= 15 is 0 Å². The summed E-state index contributed by atoms with van der Waals surface area (Å²) in [5, 5.41) is 7.64. The molecule has 0 radical (unpaired) electrons. The number of rotatable bonds is 4. The lowest BCUT2D eigenvalue weighted by atomic mass is 10.0. The van der Waals surface area contributed by atoms with E-state index in [0.29, 0.717) is 12.0 Å². The third-order valence-electron chi connectivity index (χ3n) is 2.93. The highest BCUT2D eigenvalue weighted by Crippen LogP contribution is 2.23. The maximum absolute atomic E-state index is 6.14. The van der Waals surface area contributed by atoms with Crippen molar-refractivity contribution < 1.29 is 0 Å². The monoisotopic (exact) mass is 224 g/mol. The van der Waals surface area contributed by atoms with Crippen molar-refractivity contribution in [2.24, 2.45) is 0 Å². The van der Waals surface area contributed by atoms with Gasteiger partial charge in [0.1, 0.15) is 0 Å². The van der Waals surface area contributed by atoms with Crippen LogP contribution in [0.2, 0.25) is 5.02 Å². The molecule has 82 valence electrons. The summed E-state index contributed by atoms with van der Waals surface area (Å²) in [6.45, 7) is 5.39. The van der Waals surface area contributed by atoms with Crippen LogP contribution in [0.4, 0.5) is 0 Å². The zero-order valence-corrected chi connectivity index (χ0v) is 9.72. The first kappa shape index (κ1) is 10.9. The molecule has 1 unspecified atom stereocenters. The van der Waals surface area contributed by atoms with E-state index in [1.54, 1.807) is 0 Å². The number of hydrogen-bond donors (Lipinski definition) is 2. The molecule has 2 nitrogen and oxygen atoms in total. The molecule has 1 aromatic rings. The van der Waals surface area contributed by atoms with Crippen LogP contribution in [0.15, 0.2) is 24.3 Å². The Labute approximate surface area is 96.0 Å². The van der Waals surface area contributed by atoms with Crippen LogP contribution in [0.25, 0.3) is 0 Å². The fourth-order valence-corrected chi connectivity index (χ4v) is 2.08. The molecule has 1 atom stereocenters. The van der Waals surface area contributed by atoms with Crippen LogP contribution in [0.5, 0.6) is 0 Å². The third kappa shape index (κ3) is 2.71. The average Bonchev–Trinajstić information content (AvgIpc) is 2.16. The molecular weight excluding hydrogens is 208 g/mol. The maximum atomic E-state index is 6.14. The molecule has 1 aliphatic heterocycles. The highest BCUT2D eigenvalue weighted by molar-refractivity contribution is 6.31. The molecule has 1 aliphatic rings. The summed E-state index contributed by atoms with van der Waals surface area (Å²) in [6, 6.07) is 8.73. The molecule has 0 spiro atoms. The molecule has 15 heavy (non-hydrogen) atoms. The fourth-order valence-electron chi connectivity index (χ4n) is 1.76.